The second-order valence-electron chi connectivity index (χ2n) is 8.17. The van der Waals surface area contributed by atoms with Gasteiger partial charge < -0.3 is 4.74 Å². The van der Waals surface area contributed by atoms with Crippen LogP contribution in [0.1, 0.15) is 122 Å². The van der Waals surface area contributed by atoms with E-state index < -0.39 is 0 Å². The van der Waals surface area contributed by atoms with Crippen molar-refractivity contribution in [3.05, 3.63) is 30.3 Å². The van der Waals surface area contributed by atoms with Gasteiger partial charge in [0.2, 0.25) is 0 Å². The van der Waals surface area contributed by atoms with Crippen LogP contribution in [0.25, 0.3) is 0 Å². The highest BCUT2D eigenvalue weighted by atomic mass is 16.5. The van der Waals surface area contributed by atoms with Gasteiger partial charge in [0, 0.05) is 0 Å². The Kier molecular flexibility index (Phi) is 17.6. The number of hydrogen-bond acceptors (Lipinski definition) is 1. The Morgan fingerprint density at radius 2 is 0.852 bits per heavy atom. The van der Waals surface area contributed by atoms with Crippen molar-refractivity contribution in [2.24, 2.45) is 0 Å². The summed E-state index contributed by atoms with van der Waals surface area (Å²) < 4.78 is 5.73. The summed E-state index contributed by atoms with van der Waals surface area (Å²) in [6.45, 7) is 3.16. The molecule has 0 spiro atoms. The number of unbranched alkanes of at least 4 members (excludes halogenated alkanes) is 17. The smallest absolute Gasteiger partial charge is 0.119 e. The SMILES string of the molecule is CCCCCCCCCCCCCCCCCCCCOc1ccccc1. The minimum Gasteiger partial charge on any atom is -0.494 e. The highest BCUT2D eigenvalue weighted by Gasteiger charge is 1.96. The van der Waals surface area contributed by atoms with Crippen LogP contribution in [0.15, 0.2) is 30.3 Å². The third-order valence-electron chi connectivity index (χ3n) is 5.51. The Labute approximate surface area is 170 Å². The molecule has 0 N–H and O–H groups in total. The largest absolute Gasteiger partial charge is 0.494 e. The van der Waals surface area contributed by atoms with Crippen molar-refractivity contribution < 1.29 is 4.74 Å². The van der Waals surface area contributed by atoms with E-state index in [9.17, 15) is 0 Å². The van der Waals surface area contributed by atoms with E-state index in [1.807, 2.05) is 30.3 Å². The quantitative estimate of drug-likeness (QED) is 0.207. The number of para-hydroxylation sites is 1. The predicted octanol–water partition coefficient (Wildman–Crippen LogP) is 9.11. The van der Waals surface area contributed by atoms with Crippen LogP contribution in [0.4, 0.5) is 0 Å². The van der Waals surface area contributed by atoms with Crippen LogP contribution in [-0.4, -0.2) is 6.61 Å². The van der Waals surface area contributed by atoms with E-state index in [-0.39, 0.29) is 0 Å². The highest BCUT2D eigenvalue weighted by Crippen LogP contribution is 2.14. The first-order valence-electron chi connectivity index (χ1n) is 12.1. The molecule has 0 heterocycles. The van der Waals surface area contributed by atoms with Gasteiger partial charge in [-0.25, -0.2) is 0 Å². The van der Waals surface area contributed by atoms with Gasteiger partial charge in [0.25, 0.3) is 0 Å². The molecule has 0 fully saturated rings. The van der Waals surface area contributed by atoms with Crippen LogP contribution < -0.4 is 4.74 Å². The average molecular weight is 375 g/mol. The molecule has 0 aliphatic carbocycles. The zero-order valence-corrected chi connectivity index (χ0v) is 18.2. The minimum absolute atomic E-state index is 0.864. The molecule has 0 amide bonds. The standard InChI is InChI=1S/C26H46O/c1-2-3-4-5-6-7-8-9-10-11-12-13-14-15-16-17-18-22-25-27-26-23-20-19-21-24-26/h19-21,23-24H,2-18,22,25H2,1H3. The van der Waals surface area contributed by atoms with Crippen LogP contribution in [0, 0.1) is 0 Å². The predicted molar refractivity (Wildman–Crippen MR) is 121 cm³/mol. The van der Waals surface area contributed by atoms with Gasteiger partial charge in [-0.1, -0.05) is 134 Å². The minimum atomic E-state index is 0.864. The molecular weight excluding hydrogens is 328 g/mol. The molecule has 1 heteroatoms. The lowest BCUT2D eigenvalue weighted by atomic mass is 10.0. The fourth-order valence-electron chi connectivity index (χ4n) is 3.71. The second kappa shape index (κ2) is 19.8. The molecule has 0 bridgehead atoms. The summed E-state index contributed by atoms with van der Waals surface area (Å²) in [6.07, 6.45) is 25.6. The molecule has 0 aliphatic rings. The summed E-state index contributed by atoms with van der Waals surface area (Å²) in [5, 5.41) is 0. The maximum Gasteiger partial charge on any atom is 0.119 e. The molecule has 0 aromatic heterocycles. The van der Waals surface area contributed by atoms with Crippen LogP contribution in [-0.2, 0) is 0 Å². The molecule has 1 rings (SSSR count). The number of benzene rings is 1. The summed E-state index contributed by atoms with van der Waals surface area (Å²) in [4.78, 5) is 0. The van der Waals surface area contributed by atoms with Crippen LogP contribution >= 0.6 is 0 Å². The summed E-state index contributed by atoms with van der Waals surface area (Å²) in [5.74, 6) is 1.00. The lowest BCUT2D eigenvalue weighted by molar-refractivity contribution is 0.304. The molecule has 0 radical (unpaired) electrons. The van der Waals surface area contributed by atoms with E-state index >= 15 is 0 Å². The molecule has 27 heavy (non-hydrogen) atoms. The number of rotatable bonds is 20. The van der Waals surface area contributed by atoms with Gasteiger partial charge in [-0.05, 0) is 18.6 Å². The Balaban J connectivity index is 1.67. The number of ether oxygens (including phenoxy) is 1. The number of hydrogen-bond donors (Lipinski definition) is 0. The highest BCUT2D eigenvalue weighted by molar-refractivity contribution is 5.20. The molecule has 0 aliphatic heterocycles. The maximum atomic E-state index is 5.73. The van der Waals surface area contributed by atoms with Crippen molar-refractivity contribution in [1.29, 1.82) is 0 Å². The summed E-state index contributed by atoms with van der Waals surface area (Å²) in [6, 6.07) is 10.2. The van der Waals surface area contributed by atoms with E-state index in [2.05, 4.69) is 6.92 Å². The van der Waals surface area contributed by atoms with Crippen molar-refractivity contribution in [1.82, 2.24) is 0 Å². The first-order chi connectivity index (χ1) is 13.4. The van der Waals surface area contributed by atoms with Crippen LogP contribution in [0.3, 0.4) is 0 Å². The van der Waals surface area contributed by atoms with Crippen LogP contribution in [0.5, 0.6) is 5.75 Å². The van der Waals surface area contributed by atoms with Gasteiger partial charge in [0.15, 0.2) is 0 Å². The van der Waals surface area contributed by atoms with Crippen molar-refractivity contribution in [3.8, 4) is 5.75 Å². The molecule has 0 unspecified atom stereocenters. The average Bonchev–Trinajstić information content (AvgIpc) is 2.70. The van der Waals surface area contributed by atoms with Gasteiger partial charge in [-0.3, -0.25) is 0 Å². The third-order valence-corrected chi connectivity index (χ3v) is 5.51. The van der Waals surface area contributed by atoms with Gasteiger partial charge in [0.1, 0.15) is 5.75 Å². The van der Waals surface area contributed by atoms with Crippen LogP contribution in [0.2, 0.25) is 0 Å². The summed E-state index contributed by atoms with van der Waals surface area (Å²) >= 11 is 0. The Bertz CT molecular complexity index is 386. The van der Waals surface area contributed by atoms with E-state index in [0.717, 1.165) is 12.4 Å². The van der Waals surface area contributed by atoms with E-state index in [0.29, 0.717) is 0 Å². The Morgan fingerprint density at radius 1 is 0.481 bits per heavy atom. The van der Waals surface area contributed by atoms with E-state index in [4.69, 9.17) is 4.74 Å². The van der Waals surface area contributed by atoms with Crippen molar-refractivity contribution in [2.45, 2.75) is 122 Å². The van der Waals surface area contributed by atoms with Crippen molar-refractivity contribution in [2.75, 3.05) is 6.61 Å². The van der Waals surface area contributed by atoms with Crippen molar-refractivity contribution >= 4 is 0 Å². The molecule has 1 aromatic carbocycles. The first-order valence-corrected chi connectivity index (χ1v) is 12.1. The van der Waals surface area contributed by atoms with E-state index in [1.54, 1.807) is 0 Å². The van der Waals surface area contributed by atoms with Gasteiger partial charge in [0.05, 0.1) is 6.61 Å². The molecule has 0 saturated heterocycles. The molecule has 0 atom stereocenters. The molecule has 1 aromatic rings. The lowest BCUT2D eigenvalue weighted by Crippen LogP contribution is -1.96. The molecular formula is C26H46O. The zero-order valence-electron chi connectivity index (χ0n) is 18.2. The monoisotopic (exact) mass is 374 g/mol. The van der Waals surface area contributed by atoms with Gasteiger partial charge >= 0.3 is 0 Å². The second-order valence-corrected chi connectivity index (χ2v) is 8.17. The summed E-state index contributed by atoms with van der Waals surface area (Å²) in [7, 11) is 0. The topological polar surface area (TPSA) is 9.23 Å². The molecule has 156 valence electrons. The first kappa shape index (κ1) is 24.1. The third kappa shape index (κ3) is 16.9. The molecule has 1 nitrogen and oxygen atoms in total. The lowest BCUT2D eigenvalue weighted by Gasteiger charge is -2.06. The maximum absolute atomic E-state index is 5.73. The summed E-state index contributed by atoms with van der Waals surface area (Å²) in [5.41, 5.74) is 0. The van der Waals surface area contributed by atoms with Gasteiger partial charge in [-0.2, -0.15) is 0 Å². The van der Waals surface area contributed by atoms with Crippen molar-refractivity contribution in [3.63, 3.8) is 0 Å². The normalized spacial score (nSPS) is 11.0. The van der Waals surface area contributed by atoms with E-state index in [1.165, 1.54) is 116 Å². The molecule has 0 saturated carbocycles. The Hall–Kier alpha value is -0.980. The van der Waals surface area contributed by atoms with Gasteiger partial charge in [-0.15, -0.1) is 0 Å². The fraction of sp³-hybridized carbons (Fsp3) is 0.769. The zero-order chi connectivity index (χ0) is 19.3. The fourth-order valence-corrected chi connectivity index (χ4v) is 3.71. The Morgan fingerprint density at radius 3 is 1.26 bits per heavy atom.